The zero-order valence-electron chi connectivity index (χ0n) is 8.72. The molecule has 0 fully saturated rings. The van der Waals surface area contributed by atoms with Gasteiger partial charge < -0.3 is 15.6 Å². The maximum absolute atomic E-state index is 13.6. The average Bonchev–Trinajstić information content (AvgIpc) is 2.86. The second-order valence-electron chi connectivity index (χ2n) is 3.53. The lowest BCUT2D eigenvalue weighted by Crippen LogP contribution is -2.49. The van der Waals surface area contributed by atoms with E-state index in [9.17, 15) is 9.18 Å². The van der Waals surface area contributed by atoms with E-state index >= 15 is 0 Å². The van der Waals surface area contributed by atoms with Crippen molar-refractivity contribution in [3.8, 4) is 0 Å². The van der Waals surface area contributed by atoms with E-state index in [-0.39, 0.29) is 18.7 Å². The van der Waals surface area contributed by atoms with Gasteiger partial charge in [0.25, 0.3) is 0 Å². The maximum Gasteiger partial charge on any atom is 0.337 e. The summed E-state index contributed by atoms with van der Waals surface area (Å²) in [5.74, 6) is -2.23. The van der Waals surface area contributed by atoms with Crippen molar-refractivity contribution < 1.29 is 19.4 Å². The highest BCUT2D eigenvalue weighted by Gasteiger charge is 2.49. The van der Waals surface area contributed by atoms with E-state index < -0.39 is 17.3 Å². The molecule has 2 rings (SSSR count). The van der Waals surface area contributed by atoms with Gasteiger partial charge in [-0.3, -0.25) is 4.68 Å². The zero-order chi connectivity index (χ0) is 12.5. The van der Waals surface area contributed by atoms with Gasteiger partial charge in [-0.2, -0.15) is 5.10 Å². The predicted molar refractivity (Wildman–Crippen MR) is 54.1 cm³/mol. The average molecular weight is 242 g/mol. The Balaban J connectivity index is 2.40. The number of hydrogen-bond acceptors (Lipinski definition) is 5. The van der Waals surface area contributed by atoms with Gasteiger partial charge in [-0.1, -0.05) is 0 Å². The molecule has 92 valence electrons. The van der Waals surface area contributed by atoms with Crippen molar-refractivity contribution in [2.24, 2.45) is 0 Å². The zero-order valence-corrected chi connectivity index (χ0v) is 8.72. The Morgan fingerprint density at radius 3 is 2.94 bits per heavy atom. The molecule has 0 bridgehead atoms. The number of carboxylic acids is 1. The fraction of sp³-hybridized carbons (Fsp3) is 0.333. The van der Waals surface area contributed by atoms with Gasteiger partial charge in [0.15, 0.2) is 5.83 Å². The summed E-state index contributed by atoms with van der Waals surface area (Å²) in [6.45, 7) is 0.0830. The fourth-order valence-electron chi connectivity index (χ4n) is 1.65. The first kappa shape index (κ1) is 11.6. The third kappa shape index (κ3) is 1.67. The van der Waals surface area contributed by atoms with E-state index in [1.54, 1.807) is 0 Å². The van der Waals surface area contributed by atoms with Crippen LogP contribution >= 0.6 is 0 Å². The van der Waals surface area contributed by atoms with E-state index in [0.717, 1.165) is 6.20 Å². The quantitative estimate of drug-likeness (QED) is 0.544. The van der Waals surface area contributed by atoms with Crippen LogP contribution < -0.4 is 10.9 Å². The Bertz CT molecular complexity index is 473. The number of hydrazine groups is 1. The van der Waals surface area contributed by atoms with Gasteiger partial charge in [-0.05, 0) is 0 Å². The Kier molecular flexibility index (Phi) is 2.82. The van der Waals surface area contributed by atoms with Crippen molar-refractivity contribution in [3.05, 3.63) is 30.0 Å². The van der Waals surface area contributed by atoms with Crippen LogP contribution in [-0.2, 0) is 16.9 Å². The van der Waals surface area contributed by atoms with Crippen molar-refractivity contribution in [2.45, 2.75) is 12.1 Å². The number of halogens is 1. The van der Waals surface area contributed by atoms with Gasteiger partial charge in [0.2, 0.25) is 5.54 Å². The standard InChI is InChI=1S/C9H11FN4O3/c10-7-4-11-13-9(7,8(16)17)6-3-12-14(5-6)1-2-15/h3-5,11,13,15H,1-2H2,(H,16,17). The summed E-state index contributed by atoms with van der Waals surface area (Å²) in [4.78, 5) is 11.2. The molecule has 0 saturated carbocycles. The number of aromatic nitrogens is 2. The molecular weight excluding hydrogens is 231 g/mol. The lowest BCUT2D eigenvalue weighted by molar-refractivity contribution is -0.144. The summed E-state index contributed by atoms with van der Waals surface area (Å²) < 4.78 is 15.0. The topological polar surface area (TPSA) is 99.4 Å². The minimum atomic E-state index is -1.95. The van der Waals surface area contributed by atoms with E-state index in [0.29, 0.717) is 0 Å². The summed E-state index contributed by atoms with van der Waals surface area (Å²) >= 11 is 0. The van der Waals surface area contributed by atoms with Crippen LogP contribution in [0.4, 0.5) is 4.39 Å². The highest BCUT2D eigenvalue weighted by atomic mass is 19.1. The normalized spacial score (nSPS) is 23.3. The lowest BCUT2D eigenvalue weighted by atomic mass is 9.93. The molecule has 0 radical (unpaired) electrons. The van der Waals surface area contributed by atoms with Crippen LogP contribution in [0.5, 0.6) is 0 Å². The Morgan fingerprint density at radius 1 is 1.65 bits per heavy atom. The van der Waals surface area contributed by atoms with Crippen molar-refractivity contribution >= 4 is 5.97 Å². The molecule has 1 aliphatic rings. The number of nitrogens with one attached hydrogen (secondary N) is 2. The Morgan fingerprint density at radius 2 is 2.41 bits per heavy atom. The van der Waals surface area contributed by atoms with Gasteiger partial charge >= 0.3 is 5.97 Å². The molecule has 0 spiro atoms. The first-order valence-electron chi connectivity index (χ1n) is 4.87. The molecule has 0 amide bonds. The van der Waals surface area contributed by atoms with Crippen LogP contribution in [0.1, 0.15) is 5.56 Å². The smallest absolute Gasteiger partial charge is 0.337 e. The van der Waals surface area contributed by atoms with Gasteiger partial charge in [-0.15, -0.1) is 0 Å². The minimum Gasteiger partial charge on any atom is -0.479 e. The number of hydrogen-bond donors (Lipinski definition) is 4. The van der Waals surface area contributed by atoms with Crippen LogP contribution in [-0.4, -0.2) is 32.6 Å². The first-order valence-corrected chi connectivity index (χ1v) is 4.87. The molecule has 17 heavy (non-hydrogen) atoms. The third-order valence-corrected chi connectivity index (χ3v) is 2.53. The van der Waals surface area contributed by atoms with E-state index in [1.165, 1.54) is 17.1 Å². The number of aliphatic hydroxyl groups excluding tert-OH is 1. The molecule has 2 heterocycles. The van der Waals surface area contributed by atoms with Crippen LogP contribution in [0.3, 0.4) is 0 Å². The van der Waals surface area contributed by atoms with Gasteiger partial charge in [0.1, 0.15) is 0 Å². The highest BCUT2D eigenvalue weighted by molar-refractivity contribution is 5.84. The second kappa shape index (κ2) is 4.15. The number of carboxylic acid groups (broad SMARTS) is 1. The third-order valence-electron chi connectivity index (χ3n) is 2.53. The van der Waals surface area contributed by atoms with Gasteiger partial charge in [0, 0.05) is 18.0 Å². The summed E-state index contributed by atoms with van der Waals surface area (Å²) in [7, 11) is 0. The molecule has 1 aromatic rings. The highest BCUT2D eigenvalue weighted by Crippen LogP contribution is 2.32. The van der Waals surface area contributed by atoms with Crippen LogP contribution in [0.25, 0.3) is 0 Å². The monoisotopic (exact) mass is 242 g/mol. The van der Waals surface area contributed by atoms with Crippen LogP contribution in [0.15, 0.2) is 24.4 Å². The summed E-state index contributed by atoms with van der Waals surface area (Å²) in [6, 6.07) is 0. The van der Waals surface area contributed by atoms with Crippen molar-refractivity contribution in [1.29, 1.82) is 0 Å². The minimum absolute atomic E-state index is 0.134. The number of carbonyl (C=O) groups is 1. The van der Waals surface area contributed by atoms with Gasteiger partial charge in [0.05, 0.1) is 19.3 Å². The largest absolute Gasteiger partial charge is 0.479 e. The number of aliphatic carboxylic acids is 1. The fourth-order valence-corrected chi connectivity index (χ4v) is 1.65. The lowest BCUT2D eigenvalue weighted by Gasteiger charge is -2.21. The molecular formula is C9H11FN4O3. The summed E-state index contributed by atoms with van der Waals surface area (Å²) in [5, 5.41) is 21.7. The number of nitrogens with zero attached hydrogens (tertiary/aromatic N) is 2. The molecule has 1 aliphatic heterocycles. The van der Waals surface area contributed by atoms with Crippen molar-refractivity contribution in [3.63, 3.8) is 0 Å². The van der Waals surface area contributed by atoms with Crippen molar-refractivity contribution in [1.82, 2.24) is 20.6 Å². The molecule has 1 aromatic heterocycles. The molecule has 0 aromatic carbocycles. The number of rotatable bonds is 4. The Labute approximate surface area is 95.5 Å². The predicted octanol–water partition coefficient (Wildman–Crippen LogP) is -0.926. The van der Waals surface area contributed by atoms with Crippen LogP contribution in [0, 0.1) is 0 Å². The molecule has 0 aliphatic carbocycles. The van der Waals surface area contributed by atoms with E-state index in [4.69, 9.17) is 10.2 Å². The molecule has 8 heteroatoms. The molecule has 1 atom stereocenters. The number of aliphatic hydroxyl groups is 1. The maximum atomic E-state index is 13.6. The molecule has 1 unspecified atom stereocenters. The summed E-state index contributed by atoms with van der Waals surface area (Å²) in [6.07, 6.45) is 3.56. The van der Waals surface area contributed by atoms with Crippen molar-refractivity contribution in [2.75, 3.05) is 6.61 Å². The SMILES string of the molecule is O=C(O)C1(c2cnn(CCO)c2)NNC=C1F. The Hall–Kier alpha value is -1.93. The van der Waals surface area contributed by atoms with E-state index in [2.05, 4.69) is 16.0 Å². The van der Waals surface area contributed by atoms with E-state index in [1.807, 2.05) is 0 Å². The molecule has 4 N–H and O–H groups in total. The van der Waals surface area contributed by atoms with Crippen LogP contribution in [0.2, 0.25) is 0 Å². The second-order valence-corrected chi connectivity index (χ2v) is 3.53. The van der Waals surface area contributed by atoms with Gasteiger partial charge in [-0.25, -0.2) is 14.6 Å². The summed E-state index contributed by atoms with van der Waals surface area (Å²) in [5.41, 5.74) is 2.89. The molecule has 7 nitrogen and oxygen atoms in total. The first-order chi connectivity index (χ1) is 8.11. The molecule has 0 saturated heterocycles.